The molecule has 1 N–H and O–H groups in total. The van der Waals surface area contributed by atoms with Crippen molar-refractivity contribution in [1.29, 1.82) is 0 Å². The van der Waals surface area contributed by atoms with E-state index < -0.39 is 0 Å². The standard InChI is InChI=1S/C24H28N4O3/c1-15(2)24-26-14-20(21-11-16(3)28-31-21)23(27-24)18-8-6-17(7-9-18)13-25-22(29)12-19-5-4-10-30-19/h6-9,11,14-15,19H,4-5,10,12-13H2,1-3H3,(H,25,29). The molecule has 0 spiro atoms. The number of ether oxygens (including phenoxy) is 1. The van der Waals surface area contributed by atoms with E-state index in [0.717, 1.165) is 53.4 Å². The summed E-state index contributed by atoms with van der Waals surface area (Å²) in [6, 6.07) is 9.93. The van der Waals surface area contributed by atoms with Gasteiger partial charge in [-0.25, -0.2) is 9.97 Å². The number of nitrogens with zero attached hydrogens (tertiary/aromatic N) is 3. The average Bonchev–Trinajstić information content (AvgIpc) is 3.44. The van der Waals surface area contributed by atoms with E-state index in [1.807, 2.05) is 37.3 Å². The summed E-state index contributed by atoms with van der Waals surface area (Å²) in [5.41, 5.74) is 4.41. The Labute approximate surface area is 182 Å². The lowest BCUT2D eigenvalue weighted by Crippen LogP contribution is -2.26. The highest BCUT2D eigenvalue weighted by atomic mass is 16.5. The largest absolute Gasteiger partial charge is 0.378 e. The summed E-state index contributed by atoms with van der Waals surface area (Å²) in [5.74, 6) is 1.66. The molecule has 1 saturated heterocycles. The lowest BCUT2D eigenvalue weighted by atomic mass is 10.0. The van der Waals surface area contributed by atoms with Crippen LogP contribution in [0.5, 0.6) is 0 Å². The predicted molar refractivity (Wildman–Crippen MR) is 117 cm³/mol. The van der Waals surface area contributed by atoms with Crippen LogP contribution in [0.3, 0.4) is 0 Å². The van der Waals surface area contributed by atoms with Gasteiger partial charge in [-0.15, -0.1) is 0 Å². The summed E-state index contributed by atoms with van der Waals surface area (Å²) in [7, 11) is 0. The number of hydrogen-bond donors (Lipinski definition) is 1. The summed E-state index contributed by atoms with van der Waals surface area (Å²) >= 11 is 0. The van der Waals surface area contributed by atoms with Gasteiger partial charge < -0.3 is 14.6 Å². The molecule has 1 aromatic carbocycles. The Morgan fingerprint density at radius 2 is 2.06 bits per heavy atom. The second-order valence-electron chi connectivity index (χ2n) is 8.29. The highest BCUT2D eigenvalue weighted by Gasteiger charge is 2.19. The molecule has 1 unspecified atom stereocenters. The minimum absolute atomic E-state index is 0.0244. The van der Waals surface area contributed by atoms with Crippen molar-refractivity contribution in [1.82, 2.24) is 20.4 Å². The van der Waals surface area contributed by atoms with Crippen molar-refractivity contribution in [3.8, 4) is 22.6 Å². The minimum atomic E-state index is 0.0244. The van der Waals surface area contributed by atoms with E-state index in [2.05, 4.69) is 29.3 Å². The first-order valence-electron chi connectivity index (χ1n) is 10.8. The van der Waals surface area contributed by atoms with E-state index in [9.17, 15) is 4.79 Å². The number of hydrogen-bond acceptors (Lipinski definition) is 6. The Morgan fingerprint density at radius 1 is 1.26 bits per heavy atom. The second kappa shape index (κ2) is 9.39. The van der Waals surface area contributed by atoms with Crippen molar-refractivity contribution in [2.24, 2.45) is 0 Å². The van der Waals surface area contributed by atoms with Gasteiger partial charge in [0.1, 0.15) is 5.82 Å². The van der Waals surface area contributed by atoms with Gasteiger partial charge in [0, 0.05) is 36.9 Å². The Hall–Kier alpha value is -3.06. The highest BCUT2D eigenvalue weighted by Crippen LogP contribution is 2.31. The third-order valence-corrected chi connectivity index (χ3v) is 5.37. The number of aryl methyl sites for hydroxylation is 1. The maximum atomic E-state index is 12.1. The topological polar surface area (TPSA) is 90.1 Å². The summed E-state index contributed by atoms with van der Waals surface area (Å²) in [6.45, 7) is 7.27. The summed E-state index contributed by atoms with van der Waals surface area (Å²) in [4.78, 5) is 21.4. The molecule has 7 nitrogen and oxygen atoms in total. The van der Waals surface area contributed by atoms with Crippen LogP contribution in [0.25, 0.3) is 22.6 Å². The number of aromatic nitrogens is 3. The smallest absolute Gasteiger partial charge is 0.222 e. The van der Waals surface area contributed by atoms with Crippen molar-refractivity contribution in [3.63, 3.8) is 0 Å². The molecular weight excluding hydrogens is 392 g/mol. The van der Waals surface area contributed by atoms with Crippen molar-refractivity contribution in [2.45, 2.75) is 58.6 Å². The van der Waals surface area contributed by atoms with Gasteiger partial charge in [0.25, 0.3) is 0 Å². The quantitative estimate of drug-likeness (QED) is 0.609. The van der Waals surface area contributed by atoms with Gasteiger partial charge in [-0.05, 0) is 25.3 Å². The molecule has 31 heavy (non-hydrogen) atoms. The lowest BCUT2D eigenvalue weighted by Gasteiger charge is -2.12. The normalized spacial score (nSPS) is 16.1. The van der Waals surface area contributed by atoms with E-state index in [0.29, 0.717) is 18.7 Å². The number of rotatable bonds is 7. The third-order valence-electron chi connectivity index (χ3n) is 5.37. The van der Waals surface area contributed by atoms with Crippen LogP contribution in [-0.2, 0) is 16.1 Å². The first kappa shape index (κ1) is 21.2. The van der Waals surface area contributed by atoms with Gasteiger partial charge in [-0.1, -0.05) is 43.3 Å². The zero-order valence-corrected chi connectivity index (χ0v) is 18.2. The maximum absolute atomic E-state index is 12.1. The Morgan fingerprint density at radius 3 is 2.71 bits per heavy atom. The molecular formula is C24H28N4O3. The molecule has 1 amide bonds. The van der Waals surface area contributed by atoms with E-state index in [-0.39, 0.29) is 17.9 Å². The highest BCUT2D eigenvalue weighted by molar-refractivity contribution is 5.78. The Balaban J connectivity index is 1.51. The first-order chi connectivity index (χ1) is 15.0. The third kappa shape index (κ3) is 5.17. The lowest BCUT2D eigenvalue weighted by molar-refractivity contribution is -0.123. The zero-order chi connectivity index (χ0) is 21.8. The minimum Gasteiger partial charge on any atom is -0.378 e. The van der Waals surface area contributed by atoms with Crippen molar-refractivity contribution in [3.05, 3.63) is 53.6 Å². The molecule has 1 fully saturated rings. The van der Waals surface area contributed by atoms with Gasteiger partial charge in [0.2, 0.25) is 5.91 Å². The van der Waals surface area contributed by atoms with E-state index in [1.54, 1.807) is 6.20 Å². The van der Waals surface area contributed by atoms with E-state index in [1.165, 1.54) is 0 Å². The summed E-state index contributed by atoms with van der Waals surface area (Å²) in [6.07, 6.45) is 4.30. The molecule has 1 atom stereocenters. The van der Waals surface area contributed by atoms with Crippen LogP contribution in [0.4, 0.5) is 0 Å². The number of carbonyl (C=O) groups is 1. The van der Waals surface area contributed by atoms with Gasteiger partial charge in [0.05, 0.1) is 29.5 Å². The monoisotopic (exact) mass is 420 g/mol. The molecule has 2 aromatic heterocycles. The molecule has 3 aromatic rings. The predicted octanol–water partition coefficient (Wildman–Crippen LogP) is 4.42. The van der Waals surface area contributed by atoms with Crippen LogP contribution in [0.15, 0.2) is 41.1 Å². The van der Waals surface area contributed by atoms with E-state index >= 15 is 0 Å². The van der Waals surface area contributed by atoms with Crippen molar-refractivity contribution >= 4 is 5.91 Å². The van der Waals surface area contributed by atoms with Crippen LogP contribution < -0.4 is 5.32 Å². The Kier molecular flexibility index (Phi) is 6.42. The molecule has 0 bridgehead atoms. The summed E-state index contributed by atoms with van der Waals surface area (Å²) < 4.78 is 11.0. The Bertz CT molecular complexity index is 1040. The van der Waals surface area contributed by atoms with E-state index in [4.69, 9.17) is 14.2 Å². The summed E-state index contributed by atoms with van der Waals surface area (Å²) in [5, 5.41) is 6.98. The first-order valence-corrected chi connectivity index (χ1v) is 10.8. The molecule has 0 aliphatic carbocycles. The molecule has 1 aliphatic heterocycles. The fourth-order valence-electron chi connectivity index (χ4n) is 3.63. The van der Waals surface area contributed by atoms with Crippen LogP contribution in [0.2, 0.25) is 0 Å². The number of amides is 1. The van der Waals surface area contributed by atoms with Crippen molar-refractivity contribution < 1.29 is 14.1 Å². The molecule has 0 radical (unpaired) electrons. The molecule has 4 rings (SSSR count). The molecule has 3 heterocycles. The fourth-order valence-corrected chi connectivity index (χ4v) is 3.63. The zero-order valence-electron chi connectivity index (χ0n) is 18.2. The van der Waals surface area contributed by atoms with Crippen LogP contribution in [0, 0.1) is 6.92 Å². The average molecular weight is 421 g/mol. The molecule has 1 aliphatic rings. The van der Waals surface area contributed by atoms with Gasteiger partial charge in [-0.3, -0.25) is 4.79 Å². The molecule has 7 heteroatoms. The van der Waals surface area contributed by atoms with Crippen LogP contribution in [-0.4, -0.2) is 33.7 Å². The molecule has 0 saturated carbocycles. The van der Waals surface area contributed by atoms with Crippen LogP contribution >= 0.6 is 0 Å². The SMILES string of the molecule is Cc1cc(-c2cnc(C(C)C)nc2-c2ccc(CNC(=O)CC3CCCO3)cc2)on1. The number of nitrogens with one attached hydrogen (secondary N) is 1. The van der Waals surface area contributed by atoms with Crippen LogP contribution in [0.1, 0.15) is 56.1 Å². The number of carbonyl (C=O) groups excluding carboxylic acids is 1. The van der Waals surface area contributed by atoms with Gasteiger partial charge >= 0.3 is 0 Å². The second-order valence-corrected chi connectivity index (χ2v) is 8.29. The molecule has 162 valence electrons. The van der Waals surface area contributed by atoms with Crippen molar-refractivity contribution in [2.75, 3.05) is 6.61 Å². The van der Waals surface area contributed by atoms with Gasteiger partial charge in [-0.2, -0.15) is 0 Å². The van der Waals surface area contributed by atoms with Gasteiger partial charge in [0.15, 0.2) is 5.76 Å². The fraction of sp³-hybridized carbons (Fsp3) is 0.417. The maximum Gasteiger partial charge on any atom is 0.222 e. The number of benzene rings is 1.